The highest BCUT2D eigenvalue weighted by Crippen LogP contribution is 2.09. The molecular formula is C16H31N3O4S. The fourth-order valence-corrected chi connectivity index (χ4v) is 2.61. The summed E-state index contributed by atoms with van der Waals surface area (Å²) in [6.45, 7) is 7.29. The third-order valence-electron chi connectivity index (χ3n) is 3.54. The second-order valence-electron chi connectivity index (χ2n) is 6.65. The molecule has 0 saturated carbocycles. The predicted octanol–water partition coefficient (Wildman–Crippen LogP) is 0.823. The van der Waals surface area contributed by atoms with Gasteiger partial charge < -0.3 is 21.5 Å². The molecule has 0 rings (SSSR count). The SMILES string of the molecule is CSCC[C@H](N)C(=O)N[C@@H](CC(C)C)C(=O)N[C@H](C(=O)O)C(C)C. The molecule has 0 aromatic rings. The van der Waals surface area contributed by atoms with Crippen molar-refractivity contribution < 1.29 is 19.5 Å². The van der Waals surface area contributed by atoms with Crippen LogP contribution in [0.3, 0.4) is 0 Å². The fraction of sp³-hybridized carbons (Fsp3) is 0.812. The van der Waals surface area contributed by atoms with E-state index >= 15 is 0 Å². The highest BCUT2D eigenvalue weighted by molar-refractivity contribution is 7.98. The smallest absolute Gasteiger partial charge is 0.326 e. The molecule has 7 nitrogen and oxygen atoms in total. The molecule has 0 fully saturated rings. The second kappa shape index (κ2) is 11.3. The number of rotatable bonds is 11. The Kier molecular flexibility index (Phi) is 10.7. The van der Waals surface area contributed by atoms with Crippen molar-refractivity contribution in [3.05, 3.63) is 0 Å². The van der Waals surface area contributed by atoms with Gasteiger partial charge in [-0.3, -0.25) is 9.59 Å². The first-order chi connectivity index (χ1) is 11.1. The van der Waals surface area contributed by atoms with Crippen LogP contribution in [-0.4, -0.2) is 53.0 Å². The van der Waals surface area contributed by atoms with E-state index < -0.39 is 30.0 Å². The van der Waals surface area contributed by atoms with Crippen molar-refractivity contribution in [1.29, 1.82) is 0 Å². The molecule has 0 bridgehead atoms. The standard InChI is InChI=1S/C16H31N3O4S/c1-9(2)8-12(18-14(20)11(17)6-7-24-5)15(21)19-13(10(3)4)16(22)23/h9-13H,6-8,17H2,1-5H3,(H,18,20)(H,19,21)(H,22,23)/t11-,12-,13-/m0/s1. The number of hydrogen-bond donors (Lipinski definition) is 4. The molecule has 0 heterocycles. The first-order valence-corrected chi connectivity index (χ1v) is 9.57. The Hall–Kier alpha value is -1.28. The summed E-state index contributed by atoms with van der Waals surface area (Å²) in [6, 6.07) is -2.46. The normalized spacial score (nSPS) is 15.0. The highest BCUT2D eigenvalue weighted by atomic mass is 32.2. The van der Waals surface area contributed by atoms with Crippen LogP contribution in [0.15, 0.2) is 0 Å². The maximum Gasteiger partial charge on any atom is 0.326 e. The molecule has 0 aliphatic heterocycles. The van der Waals surface area contributed by atoms with E-state index in [9.17, 15) is 19.5 Å². The Morgan fingerprint density at radius 2 is 1.67 bits per heavy atom. The van der Waals surface area contributed by atoms with Crippen molar-refractivity contribution >= 4 is 29.5 Å². The van der Waals surface area contributed by atoms with Gasteiger partial charge in [0.1, 0.15) is 12.1 Å². The van der Waals surface area contributed by atoms with Crippen LogP contribution in [0.5, 0.6) is 0 Å². The van der Waals surface area contributed by atoms with E-state index in [-0.39, 0.29) is 17.7 Å². The molecule has 0 aliphatic carbocycles. The van der Waals surface area contributed by atoms with Gasteiger partial charge in [0.2, 0.25) is 11.8 Å². The maximum atomic E-state index is 12.4. The van der Waals surface area contributed by atoms with E-state index in [1.807, 2.05) is 20.1 Å². The Morgan fingerprint density at radius 1 is 1.08 bits per heavy atom. The third kappa shape index (κ3) is 8.54. The van der Waals surface area contributed by atoms with Crippen LogP contribution in [0.4, 0.5) is 0 Å². The van der Waals surface area contributed by atoms with Crippen LogP contribution < -0.4 is 16.4 Å². The lowest BCUT2D eigenvalue weighted by molar-refractivity contribution is -0.143. The van der Waals surface area contributed by atoms with E-state index in [0.29, 0.717) is 12.8 Å². The van der Waals surface area contributed by atoms with E-state index in [1.165, 1.54) is 0 Å². The molecule has 0 aromatic heterocycles. The molecule has 0 unspecified atom stereocenters. The second-order valence-corrected chi connectivity index (χ2v) is 7.63. The van der Waals surface area contributed by atoms with Crippen molar-refractivity contribution in [2.24, 2.45) is 17.6 Å². The first kappa shape index (κ1) is 22.7. The van der Waals surface area contributed by atoms with E-state index in [1.54, 1.807) is 25.6 Å². The molecule has 5 N–H and O–H groups in total. The van der Waals surface area contributed by atoms with Crippen LogP contribution in [0.2, 0.25) is 0 Å². The van der Waals surface area contributed by atoms with Gasteiger partial charge in [-0.15, -0.1) is 0 Å². The molecule has 2 amide bonds. The van der Waals surface area contributed by atoms with Crippen molar-refractivity contribution in [3.8, 4) is 0 Å². The monoisotopic (exact) mass is 361 g/mol. The zero-order chi connectivity index (χ0) is 18.9. The number of carboxylic acid groups (broad SMARTS) is 1. The molecule has 3 atom stereocenters. The van der Waals surface area contributed by atoms with Gasteiger partial charge in [0.05, 0.1) is 6.04 Å². The molecule has 8 heteroatoms. The molecule has 0 radical (unpaired) electrons. The van der Waals surface area contributed by atoms with Gasteiger partial charge in [0, 0.05) is 0 Å². The topological polar surface area (TPSA) is 122 Å². The minimum Gasteiger partial charge on any atom is -0.480 e. The summed E-state index contributed by atoms with van der Waals surface area (Å²) >= 11 is 1.59. The largest absolute Gasteiger partial charge is 0.480 e. The van der Waals surface area contributed by atoms with Crippen molar-refractivity contribution in [3.63, 3.8) is 0 Å². The van der Waals surface area contributed by atoms with Gasteiger partial charge in [-0.2, -0.15) is 11.8 Å². The number of thioether (sulfide) groups is 1. The lowest BCUT2D eigenvalue weighted by Gasteiger charge is -2.25. The molecule has 0 saturated heterocycles. The quantitative estimate of drug-likeness (QED) is 0.432. The summed E-state index contributed by atoms with van der Waals surface area (Å²) < 4.78 is 0. The van der Waals surface area contributed by atoms with Crippen LogP contribution in [0, 0.1) is 11.8 Å². The number of nitrogens with one attached hydrogen (secondary N) is 2. The van der Waals surface area contributed by atoms with Gasteiger partial charge in [-0.25, -0.2) is 4.79 Å². The van der Waals surface area contributed by atoms with E-state index in [0.717, 1.165) is 5.75 Å². The maximum absolute atomic E-state index is 12.4. The minimum atomic E-state index is -1.09. The van der Waals surface area contributed by atoms with Crippen molar-refractivity contribution in [2.75, 3.05) is 12.0 Å². The van der Waals surface area contributed by atoms with Crippen LogP contribution in [-0.2, 0) is 14.4 Å². The molecule has 0 spiro atoms. The minimum absolute atomic E-state index is 0.158. The van der Waals surface area contributed by atoms with Crippen LogP contribution >= 0.6 is 11.8 Å². The fourth-order valence-electron chi connectivity index (χ4n) is 2.13. The lowest BCUT2D eigenvalue weighted by atomic mass is 10.00. The number of hydrogen-bond acceptors (Lipinski definition) is 5. The highest BCUT2D eigenvalue weighted by Gasteiger charge is 2.29. The van der Waals surface area contributed by atoms with Gasteiger partial charge >= 0.3 is 5.97 Å². The molecule has 0 aliphatic rings. The average Bonchev–Trinajstić information content (AvgIpc) is 2.47. The van der Waals surface area contributed by atoms with Gasteiger partial charge in [-0.1, -0.05) is 27.7 Å². The summed E-state index contributed by atoms with van der Waals surface area (Å²) in [5, 5.41) is 14.4. The lowest BCUT2D eigenvalue weighted by Crippen LogP contribution is -2.55. The Bertz CT molecular complexity index is 430. The molecular weight excluding hydrogens is 330 g/mol. The number of amides is 2. The summed E-state index contributed by atoms with van der Waals surface area (Å²) in [7, 11) is 0. The molecule has 24 heavy (non-hydrogen) atoms. The molecule has 140 valence electrons. The summed E-state index contributed by atoms with van der Waals surface area (Å²) in [5.41, 5.74) is 5.83. The number of nitrogens with two attached hydrogens (primary N) is 1. The van der Waals surface area contributed by atoms with E-state index in [2.05, 4.69) is 10.6 Å². The Balaban J connectivity index is 4.95. The molecule has 0 aromatic carbocycles. The van der Waals surface area contributed by atoms with E-state index in [4.69, 9.17) is 5.73 Å². The summed E-state index contributed by atoms with van der Waals surface area (Å²) in [6.07, 6.45) is 2.86. The number of carbonyl (C=O) groups is 3. The zero-order valence-electron chi connectivity index (χ0n) is 15.2. The third-order valence-corrected chi connectivity index (χ3v) is 4.18. The number of carbonyl (C=O) groups excluding carboxylic acids is 2. The van der Waals surface area contributed by atoms with Crippen molar-refractivity contribution in [1.82, 2.24) is 10.6 Å². The summed E-state index contributed by atoms with van der Waals surface area (Å²) in [5.74, 6) is -1.32. The van der Waals surface area contributed by atoms with Crippen molar-refractivity contribution in [2.45, 2.75) is 58.7 Å². The first-order valence-electron chi connectivity index (χ1n) is 8.18. The predicted molar refractivity (Wildman–Crippen MR) is 96.8 cm³/mol. The Morgan fingerprint density at radius 3 is 2.08 bits per heavy atom. The van der Waals surface area contributed by atoms with Gasteiger partial charge in [0.15, 0.2) is 0 Å². The zero-order valence-corrected chi connectivity index (χ0v) is 16.0. The van der Waals surface area contributed by atoms with Gasteiger partial charge in [0.25, 0.3) is 0 Å². The average molecular weight is 362 g/mol. The van der Waals surface area contributed by atoms with Crippen LogP contribution in [0.1, 0.15) is 40.5 Å². The summed E-state index contributed by atoms with van der Waals surface area (Å²) in [4.78, 5) is 35.8. The Labute approximate surface area is 148 Å². The number of aliphatic carboxylic acids is 1. The van der Waals surface area contributed by atoms with Gasteiger partial charge in [-0.05, 0) is 36.7 Å². The number of carboxylic acids is 1. The van der Waals surface area contributed by atoms with Crippen LogP contribution in [0.25, 0.3) is 0 Å².